The van der Waals surface area contributed by atoms with Crippen LogP contribution < -0.4 is 5.56 Å². The fourth-order valence-corrected chi connectivity index (χ4v) is 3.44. The number of pyridine rings is 1. The molecule has 21 heavy (non-hydrogen) atoms. The standard InChI is InChI=1S/C16H13N3OS/c1-2-10-7-8-14(21-10)19-16(20)12-9-17-13-6-4-3-5-11(13)15(12)18-19/h3-9,18H,2H2,1H3. The number of thiophene rings is 1. The summed E-state index contributed by atoms with van der Waals surface area (Å²) in [5.74, 6) is 0. The van der Waals surface area contributed by atoms with Crippen molar-refractivity contribution < 1.29 is 0 Å². The molecule has 0 spiro atoms. The lowest BCUT2D eigenvalue weighted by atomic mass is 10.2. The van der Waals surface area contributed by atoms with E-state index in [2.05, 4.69) is 23.1 Å². The number of nitrogens with zero attached hydrogens (tertiary/aromatic N) is 2. The summed E-state index contributed by atoms with van der Waals surface area (Å²) < 4.78 is 1.61. The summed E-state index contributed by atoms with van der Waals surface area (Å²) in [4.78, 5) is 18.2. The predicted molar refractivity (Wildman–Crippen MR) is 86.5 cm³/mol. The van der Waals surface area contributed by atoms with Crippen molar-refractivity contribution in [2.45, 2.75) is 13.3 Å². The van der Waals surface area contributed by atoms with Gasteiger partial charge in [0.25, 0.3) is 5.56 Å². The number of aryl methyl sites for hydroxylation is 1. The molecular weight excluding hydrogens is 282 g/mol. The molecule has 4 nitrogen and oxygen atoms in total. The number of aromatic nitrogens is 3. The SMILES string of the molecule is CCc1ccc(-n2[nH]c3c(cnc4ccccc43)c2=O)s1. The molecule has 0 aliphatic carbocycles. The topological polar surface area (TPSA) is 50.7 Å². The van der Waals surface area contributed by atoms with Gasteiger partial charge >= 0.3 is 0 Å². The fourth-order valence-electron chi connectivity index (χ4n) is 2.54. The number of rotatable bonds is 2. The quantitative estimate of drug-likeness (QED) is 0.615. The Morgan fingerprint density at radius 3 is 2.86 bits per heavy atom. The van der Waals surface area contributed by atoms with Crippen LogP contribution in [0.5, 0.6) is 0 Å². The molecule has 0 saturated heterocycles. The van der Waals surface area contributed by atoms with E-state index in [1.807, 2.05) is 30.3 Å². The third-order valence-corrected chi connectivity index (χ3v) is 4.86. The normalized spacial score (nSPS) is 11.5. The number of aromatic amines is 1. The highest BCUT2D eigenvalue weighted by molar-refractivity contribution is 7.14. The third kappa shape index (κ3) is 1.81. The predicted octanol–water partition coefficient (Wildman–Crippen LogP) is 3.49. The lowest BCUT2D eigenvalue weighted by Crippen LogP contribution is -2.12. The molecule has 3 heterocycles. The van der Waals surface area contributed by atoms with E-state index in [9.17, 15) is 4.79 Å². The minimum absolute atomic E-state index is 0.0484. The van der Waals surface area contributed by atoms with Gasteiger partial charge < -0.3 is 0 Å². The van der Waals surface area contributed by atoms with Gasteiger partial charge in [0, 0.05) is 16.5 Å². The monoisotopic (exact) mass is 295 g/mol. The first-order chi connectivity index (χ1) is 10.3. The van der Waals surface area contributed by atoms with E-state index >= 15 is 0 Å². The van der Waals surface area contributed by atoms with Gasteiger partial charge in [0.1, 0.15) is 5.00 Å². The van der Waals surface area contributed by atoms with E-state index in [0.29, 0.717) is 5.39 Å². The first-order valence-electron chi connectivity index (χ1n) is 6.85. The van der Waals surface area contributed by atoms with Crippen molar-refractivity contribution in [3.63, 3.8) is 0 Å². The average Bonchev–Trinajstić information content (AvgIpc) is 3.12. The Morgan fingerprint density at radius 2 is 2.05 bits per heavy atom. The summed E-state index contributed by atoms with van der Waals surface area (Å²) in [6.07, 6.45) is 2.63. The zero-order chi connectivity index (χ0) is 14.4. The lowest BCUT2D eigenvalue weighted by molar-refractivity contribution is 0.881. The second-order valence-corrected chi connectivity index (χ2v) is 6.06. The number of hydrogen-bond acceptors (Lipinski definition) is 3. The summed E-state index contributed by atoms with van der Waals surface area (Å²) in [5.41, 5.74) is 1.68. The maximum atomic E-state index is 12.6. The first-order valence-corrected chi connectivity index (χ1v) is 7.67. The molecule has 1 N–H and O–H groups in total. The molecule has 0 unspecified atom stereocenters. The molecule has 0 atom stereocenters. The van der Waals surface area contributed by atoms with Crippen LogP contribution in [0.25, 0.3) is 26.8 Å². The van der Waals surface area contributed by atoms with Crippen molar-refractivity contribution >= 4 is 33.1 Å². The zero-order valence-electron chi connectivity index (χ0n) is 11.5. The van der Waals surface area contributed by atoms with Crippen LogP contribution in [-0.2, 0) is 6.42 Å². The molecule has 0 saturated carbocycles. The lowest BCUT2D eigenvalue weighted by Gasteiger charge is -1.97. The van der Waals surface area contributed by atoms with Crippen molar-refractivity contribution in [3.8, 4) is 5.00 Å². The van der Waals surface area contributed by atoms with Gasteiger partial charge in [-0.2, -0.15) is 0 Å². The number of para-hydroxylation sites is 1. The van der Waals surface area contributed by atoms with Gasteiger partial charge in [-0.05, 0) is 24.6 Å². The zero-order valence-corrected chi connectivity index (χ0v) is 12.3. The Hall–Kier alpha value is -2.40. The molecule has 4 rings (SSSR count). The van der Waals surface area contributed by atoms with Crippen LogP contribution in [0.3, 0.4) is 0 Å². The molecule has 0 aliphatic heterocycles. The Labute approximate surface area is 124 Å². The highest BCUT2D eigenvalue weighted by atomic mass is 32.1. The summed E-state index contributed by atoms with van der Waals surface area (Å²) in [6, 6.07) is 11.9. The maximum absolute atomic E-state index is 12.6. The van der Waals surface area contributed by atoms with Crippen LogP contribution in [0.1, 0.15) is 11.8 Å². The van der Waals surface area contributed by atoms with Crippen LogP contribution in [0, 0.1) is 0 Å². The largest absolute Gasteiger partial charge is 0.289 e. The van der Waals surface area contributed by atoms with Gasteiger partial charge in [-0.1, -0.05) is 25.1 Å². The van der Waals surface area contributed by atoms with E-state index in [1.165, 1.54) is 4.88 Å². The molecule has 1 aromatic carbocycles. The summed E-state index contributed by atoms with van der Waals surface area (Å²) in [7, 11) is 0. The fraction of sp³-hybridized carbons (Fsp3) is 0.125. The molecular formula is C16H13N3OS. The summed E-state index contributed by atoms with van der Waals surface area (Å²) >= 11 is 1.63. The van der Waals surface area contributed by atoms with Crippen LogP contribution in [0.15, 0.2) is 47.4 Å². The smallest absolute Gasteiger partial charge is 0.281 e. The molecule has 0 fully saturated rings. The molecule has 5 heteroatoms. The third-order valence-electron chi connectivity index (χ3n) is 3.65. The Morgan fingerprint density at radius 1 is 1.19 bits per heavy atom. The van der Waals surface area contributed by atoms with E-state index in [0.717, 1.165) is 27.8 Å². The van der Waals surface area contributed by atoms with E-state index in [1.54, 1.807) is 22.2 Å². The van der Waals surface area contributed by atoms with Crippen molar-refractivity contribution in [3.05, 3.63) is 57.8 Å². The number of H-pyrrole nitrogens is 1. The molecule has 3 aromatic heterocycles. The van der Waals surface area contributed by atoms with Crippen LogP contribution in [0.2, 0.25) is 0 Å². The second-order valence-electron chi connectivity index (χ2n) is 4.91. The number of fused-ring (bicyclic) bond motifs is 3. The number of nitrogens with one attached hydrogen (secondary N) is 1. The maximum Gasteiger partial charge on any atom is 0.281 e. The molecule has 0 aliphatic rings. The average molecular weight is 295 g/mol. The summed E-state index contributed by atoms with van der Waals surface area (Å²) in [5, 5.41) is 5.74. The van der Waals surface area contributed by atoms with Crippen LogP contribution >= 0.6 is 11.3 Å². The molecule has 0 radical (unpaired) electrons. The number of benzene rings is 1. The Balaban J connectivity index is 2.05. The van der Waals surface area contributed by atoms with E-state index in [4.69, 9.17) is 0 Å². The van der Waals surface area contributed by atoms with E-state index < -0.39 is 0 Å². The van der Waals surface area contributed by atoms with E-state index in [-0.39, 0.29) is 5.56 Å². The first kappa shape index (κ1) is 12.3. The Kier molecular flexibility index (Phi) is 2.68. The molecule has 4 aromatic rings. The van der Waals surface area contributed by atoms with Crippen molar-refractivity contribution in [1.29, 1.82) is 0 Å². The van der Waals surface area contributed by atoms with Gasteiger partial charge in [-0.25, -0.2) is 4.68 Å². The van der Waals surface area contributed by atoms with Crippen molar-refractivity contribution in [2.75, 3.05) is 0 Å². The minimum atomic E-state index is -0.0484. The minimum Gasteiger partial charge on any atom is -0.289 e. The van der Waals surface area contributed by atoms with Gasteiger partial charge in [0.15, 0.2) is 0 Å². The molecule has 0 amide bonds. The van der Waals surface area contributed by atoms with Crippen LogP contribution in [0.4, 0.5) is 0 Å². The van der Waals surface area contributed by atoms with Crippen molar-refractivity contribution in [1.82, 2.24) is 14.8 Å². The molecule has 0 bridgehead atoms. The Bertz CT molecular complexity index is 1010. The van der Waals surface area contributed by atoms with Crippen molar-refractivity contribution in [2.24, 2.45) is 0 Å². The van der Waals surface area contributed by atoms with Gasteiger partial charge in [0.05, 0.1) is 16.4 Å². The highest BCUT2D eigenvalue weighted by Gasteiger charge is 2.12. The van der Waals surface area contributed by atoms with Crippen LogP contribution in [-0.4, -0.2) is 14.8 Å². The second kappa shape index (κ2) is 4.56. The van der Waals surface area contributed by atoms with Gasteiger partial charge in [-0.3, -0.25) is 14.9 Å². The van der Waals surface area contributed by atoms with Gasteiger partial charge in [-0.15, -0.1) is 11.3 Å². The molecule has 104 valence electrons. The van der Waals surface area contributed by atoms with Gasteiger partial charge in [0.2, 0.25) is 0 Å². The number of hydrogen-bond donors (Lipinski definition) is 1. The summed E-state index contributed by atoms with van der Waals surface area (Å²) in [6.45, 7) is 2.11. The highest BCUT2D eigenvalue weighted by Crippen LogP contribution is 2.23.